The third kappa shape index (κ3) is 5.23. The molecule has 1 atom stereocenters. The van der Waals surface area contributed by atoms with Gasteiger partial charge in [-0.1, -0.05) is 52.0 Å². The molecule has 1 rings (SSSR count). The molecule has 0 saturated carbocycles. The number of nitrogens with zero attached hydrogens (tertiary/aromatic N) is 1. The lowest BCUT2D eigenvalue weighted by Gasteiger charge is -2.21. The highest BCUT2D eigenvalue weighted by Crippen LogP contribution is 2.23. The zero-order valence-corrected chi connectivity index (χ0v) is 13.3. The van der Waals surface area contributed by atoms with Crippen molar-refractivity contribution < 1.29 is 4.79 Å². The van der Waals surface area contributed by atoms with E-state index in [-0.39, 0.29) is 5.41 Å². The van der Waals surface area contributed by atoms with Gasteiger partial charge in [-0.05, 0) is 40.5 Å². The highest BCUT2D eigenvalue weighted by Gasteiger charge is 2.14. The summed E-state index contributed by atoms with van der Waals surface area (Å²) in [4.78, 5) is 12.5. The van der Waals surface area contributed by atoms with Crippen LogP contribution in [-0.2, 0) is 11.8 Å². The van der Waals surface area contributed by atoms with E-state index in [1.165, 1.54) is 11.1 Å². The van der Waals surface area contributed by atoms with Crippen molar-refractivity contribution in [3.8, 4) is 0 Å². The molecule has 19 heavy (non-hydrogen) atoms. The summed E-state index contributed by atoms with van der Waals surface area (Å²) in [7, 11) is 1.73. The van der Waals surface area contributed by atoms with Crippen LogP contribution >= 0.6 is 11.6 Å². The van der Waals surface area contributed by atoms with E-state index in [0.29, 0.717) is 12.5 Å². The van der Waals surface area contributed by atoms with Crippen LogP contribution in [-0.4, -0.2) is 23.9 Å². The third-order valence-corrected chi connectivity index (χ3v) is 3.58. The van der Waals surface area contributed by atoms with Crippen LogP contribution in [0.4, 0.5) is 4.79 Å². The molecule has 1 aromatic carbocycles. The number of benzene rings is 1. The fourth-order valence-electron chi connectivity index (χ4n) is 2.15. The summed E-state index contributed by atoms with van der Waals surface area (Å²) in [5.74, 6) is 0.396. The van der Waals surface area contributed by atoms with Gasteiger partial charge in [0.15, 0.2) is 0 Å². The van der Waals surface area contributed by atoms with Gasteiger partial charge in [-0.2, -0.15) is 0 Å². The highest BCUT2D eigenvalue weighted by atomic mass is 35.5. The molecule has 0 bridgehead atoms. The van der Waals surface area contributed by atoms with Crippen LogP contribution in [0.25, 0.3) is 0 Å². The molecule has 0 spiro atoms. The predicted molar refractivity (Wildman–Crippen MR) is 81.9 cm³/mol. The molecule has 0 fully saturated rings. The molecule has 0 aliphatic carbocycles. The van der Waals surface area contributed by atoms with E-state index < -0.39 is 5.37 Å². The van der Waals surface area contributed by atoms with Crippen LogP contribution in [0, 0.1) is 5.92 Å². The molecule has 0 heterocycles. The second kappa shape index (κ2) is 6.42. The van der Waals surface area contributed by atoms with Gasteiger partial charge >= 0.3 is 5.37 Å². The first-order chi connectivity index (χ1) is 8.70. The van der Waals surface area contributed by atoms with Gasteiger partial charge < -0.3 is 4.90 Å². The molecule has 0 aromatic heterocycles. The number of carbonyl (C=O) groups is 1. The van der Waals surface area contributed by atoms with Crippen LogP contribution < -0.4 is 0 Å². The van der Waals surface area contributed by atoms with Gasteiger partial charge in [-0.15, -0.1) is 0 Å². The van der Waals surface area contributed by atoms with Crippen molar-refractivity contribution in [1.29, 1.82) is 0 Å². The minimum atomic E-state index is -0.394. The van der Waals surface area contributed by atoms with E-state index in [0.717, 1.165) is 6.42 Å². The maximum Gasteiger partial charge on any atom is 0.316 e. The molecular weight excluding hydrogens is 258 g/mol. The van der Waals surface area contributed by atoms with Crippen molar-refractivity contribution in [1.82, 2.24) is 4.90 Å². The van der Waals surface area contributed by atoms with Gasteiger partial charge in [0.05, 0.1) is 0 Å². The molecule has 106 valence electrons. The Hall–Kier alpha value is -1.02. The van der Waals surface area contributed by atoms with Crippen molar-refractivity contribution in [3.63, 3.8) is 0 Å². The Labute approximate surface area is 121 Å². The minimum absolute atomic E-state index is 0.190. The Bertz CT molecular complexity index is 419. The number of hydrogen-bond donors (Lipinski definition) is 0. The monoisotopic (exact) mass is 281 g/mol. The van der Waals surface area contributed by atoms with Gasteiger partial charge in [0.25, 0.3) is 0 Å². The van der Waals surface area contributed by atoms with Crippen molar-refractivity contribution in [2.75, 3.05) is 13.6 Å². The Kier molecular flexibility index (Phi) is 5.42. The SMILES string of the molecule is CC(Cc1ccc(C(C)(C)C)cc1)CN(C)C(=O)Cl. The maximum atomic E-state index is 11.0. The summed E-state index contributed by atoms with van der Waals surface area (Å²) in [6, 6.07) is 8.75. The smallest absolute Gasteiger partial charge is 0.316 e. The zero-order chi connectivity index (χ0) is 14.6. The van der Waals surface area contributed by atoms with E-state index >= 15 is 0 Å². The first-order valence-electron chi connectivity index (χ1n) is 6.70. The molecule has 0 saturated heterocycles. The van der Waals surface area contributed by atoms with Crippen molar-refractivity contribution in [2.24, 2.45) is 5.92 Å². The molecule has 0 radical (unpaired) electrons. The first-order valence-corrected chi connectivity index (χ1v) is 7.08. The number of amides is 1. The van der Waals surface area contributed by atoms with E-state index in [1.54, 1.807) is 11.9 Å². The van der Waals surface area contributed by atoms with Gasteiger partial charge in [0.2, 0.25) is 0 Å². The summed E-state index contributed by atoms with van der Waals surface area (Å²) in [6.45, 7) is 9.46. The van der Waals surface area contributed by atoms with E-state index in [9.17, 15) is 4.79 Å². The largest absolute Gasteiger partial charge is 0.332 e. The molecule has 1 amide bonds. The standard InChI is InChI=1S/C16H24ClNO/c1-12(11-18(5)15(17)19)10-13-6-8-14(9-7-13)16(2,3)4/h6-9,12H,10-11H2,1-5H3. The molecule has 1 unspecified atom stereocenters. The van der Waals surface area contributed by atoms with E-state index in [4.69, 9.17) is 11.6 Å². The fraction of sp³-hybridized carbons (Fsp3) is 0.562. The summed E-state index contributed by atoms with van der Waals surface area (Å²) < 4.78 is 0. The van der Waals surface area contributed by atoms with Gasteiger partial charge in [-0.25, -0.2) is 0 Å². The molecule has 0 aliphatic rings. The molecule has 0 N–H and O–H groups in total. The predicted octanol–water partition coefficient (Wildman–Crippen LogP) is 4.45. The lowest BCUT2D eigenvalue weighted by molar-refractivity contribution is 0.225. The number of carbonyl (C=O) groups excluding carboxylic acids is 1. The van der Waals surface area contributed by atoms with Crippen LogP contribution in [0.15, 0.2) is 24.3 Å². The quantitative estimate of drug-likeness (QED) is 0.590. The number of rotatable bonds is 4. The van der Waals surface area contributed by atoms with Crippen molar-refractivity contribution in [2.45, 2.75) is 39.5 Å². The fourth-order valence-corrected chi connectivity index (χ4v) is 2.22. The molecule has 0 aliphatic heterocycles. The molecule has 3 heteroatoms. The number of hydrogen-bond acceptors (Lipinski definition) is 1. The van der Waals surface area contributed by atoms with Crippen molar-refractivity contribution in [3.05, 3.63) is 35.4 Å². The average Bonchev–Trinajstić information content (AvgIpc) is 2.28. The highest BCUT2D eigenvalue weighted by molar-refractivity contribution is 6.62. The summed E-state index contributed by atoms with van der Waals surface area (Å²) >= 11 is 5.43. The van der Waals surface area contributed by atoms with Crippen LogP contribution in [0.2, 0.25) is 0 Å². The minimum Gasteiger partial charge on any atom is -0.332 e. The maximum absolute atomic E-state index is 11.0. The molecule has 1 aromatic rings. The van der Waals surface area contributed by atoms with Crippen molar-refractivity contribution >= 4 is 17.0 Å². The lowest BCUT2D eigenvalue weighted by Crippen LogP contribution is -2.27. The first kappa shape index (κ1) is 16.0. The zero-order valence-electron chi connectivity index (χ0n) is 12.5. The second-order valence-electron chi connectivity index (χ2n) is 6.39. The van der Waals surface area contributed by atoms with Gasteiger partial charge in [0.1, 0.15) is 0 Å². The second-order valence-corrected chi connectivity index (χ2v) is 6.71. The van der Waals surface area contributed by atoms with E-state index in [1.807, 2.05) is 0 Å². The Morgan fingerprint density at radius 3 is 2.21 bits per heavy atom. The van der Waals surface area contributed by atoms with Crippen LogP contribution in [0.1, 0.15) is 38.8 Å². The molecule has 2 nitrogen and oxygen atoms in total. The Morgan fingerprint density at radius 1 is 1.26 bits per heavy atom. The Balaban J connectivity index is 2.61. The summed E-state index contributed by atoms with van der Waals surface area (Å²) in [6.07, 6.45) is 0.957. The summed E-state index contributed by atoms with van der Waals surface area (Å²) in [5, 5.41) is -0.394. The van der Waals surface area contributed by atoms with Gasteiger partial charge in [0, 0.05) is 13.6 Å². The lowest BCUT2D eigenvalue weighted by atomic mass is 9.86. The van der Waals surface area contributed by atoms with Gasteiger partial charge in [-0.3, -0.25) is 4.79 Å². The Morgan fingerprint density at radius 2 is 1.79 bits per heavy atom. The normalized spacial score (nSPS) is 13.2. The molecular formula is C16H24ClNO. The third-order valence-electron chi connectivity index (χ3n) is 3.29. The average molecular weight is 282 g/mol. The number of halogens is 1. The topological polar surface area (TPSA) is 20.3 Å². The van der Waals surface area contributed by atoms with Crippen LogP contribution in [0.3, 0.4) is 0 Å². The van der Waals surface area contributed by atoms with Crippen LogP contribution in [0.5, 0.6) is 0 Å². The summed E-state index contributed by atoms with van der Waals surface area (Å²) in [5.41, 5.74) is 2.84. The van der Waals surface area contributed by atoms with E-state index in [2.05, 4.69) is 52.0 Å².